The predicted molar refractivity (Wildman–Crippen MR) is 67.1 cm³/mol. The van der Waals surface area contributed by atoms with Crippen LogP contribution in [0.25, 0.3) is 0 Å². The molecule has 19 heavy (non-hydrogen) atoms. The number of nitrogen functional groups attached to an aromatic ring is 1. The fourth-order valence-electron chi connectivity index (χ4n) is 1.34. The van der Waals surface area contributed by atoms with Crippen molar-refractivity contribution in [2.75, 3.05) is 5.73 Å². The predicted octanol–water partition coefficient (Wildman–Crippen LogP) is 0.608. The average Bonchev–Trinajstić information content (AvgIpc) is 2.35. The Morgan fingerprint density at radius 2 is 1.89 bits per heavy atom. The van der Waals surface area contributed by atoms with Crippen LogP contribution < -0.4 is 11.2 Å². The van der Waals surface area contributed by atoms with Crippen LogP contribution in [0.2, 0.25) is 0 Å². The third-order valence-electron chi connectivity index (χ3n) is 2.39. The molecule has 0 bridgehead atoms. The zero-order valence-electron chi connectivity index (χ0n) is 10.2. The van der Waals surface area contributed by atoms with Crippen molar-refractivity contribution >= 4 is 17.6 Å². The molecule has 0 fully saturated rings. The van der Waals surface area contributed by atoms with E-state index in [9.17, 15) is 9.59 Å². The van der Waals surface area contributed by atoms with Gasteiger partial charge in [0.2, 0.25) is 0 Å². The van der Waals surface area contributed by atoms with Crippen LogP contribution >= 0.6 is 0 Å². The molecule has 1 aromatic carbocycles. The molecule has 0 aliphatic carbocycles. The van der Waals surface area contributed by atoms with Crippen LogP contribution in [0.5, 0.6) is 0 Å². The van der Waals surface area contributed by atoms with Crippen LogP contribution in [-0.2, 0) is 21.0 Å². The van der Waals surface area contributed by atoms with Crippen molar-refractivity contribution in [2.24, 2.45) is 0 Å². The van der Waals surface area contributed by atoms with Crippen LogP contribution in [0, 0.1) is 0 Å². The number of hydroxylamine groups is 1. The molecule has 7 heteroatoms. The second-order valence-corrected chi connectivity index (χ2v) is 3.97. The minimum absolute atomic E-state index is 0.0492. The summed E-state index contributed by atoms with van der Waals surface area (Å²) in [7, 11) is 0. The molecule has 0 aliphatic rings. The van der Waals surface area contributed by atoms with Gasteiger partial charge in [-0.05, 0) is 24.1 Å². The number of hydrogen-bond donors (Lipinski definition) is 4. The summed E-state index contributed by atoms with van der Waals surface area (Å²) >= 11 is 0. The zero-order chi connectivity index (χ0) is 14.3. The molecule has 0 radical (unpaired) electrons. The molecule has 0 aliphatic heterocycles. The minimum Gasteiger partial charge on any atom is -0.481 e. The molecular formula is C12H16N2O5. The molecule has 104 valence electrons. The quantitative estimate of drug-likeness (QED) is 0.402. The summed E-state index contributed by atoms with van der Waals surface area (Å²) < 4.78 is 0. The summed E-state index contributed by atoms with van der Waals surface area (Å²) in [5.74, 6) is -2.20. The second kappa shape index (κ2) is 7.34. The number of aliphatic carboxylic acids is 2. The largest absolute Gasteiger partial charge is 0.481 e. The lowest BCUT2D eigenvalue weighted by molar-refractivity contribution is -0.145. The van der Waals surface area contributed by atoms with Crippen molar-refractivity contribution in [3.05, 3.63) is 29.8 Å². The van der Waals surface area contributed by atoms with Gasteiger partial charge >= 0.3 is 11.9 Å². The summed E-state index contributed by atoms with van der Waals surface area (Å²) in [5, 5.41) is 17.4. The highest BCUT2D eigenvalue weighted by Crippen LogP contribution is 2.06. The summed E-state index contributed by atoms with van der Waals surface area (Å²) in [5.41, 5.74) is 9.31. The van der Waals surface area contributed by atoms with E-state index in [2.05, 4.69) is 5.48 Å². The summed E-state index contributed by atoms with van der Waals surface area (Å²) in [6.07, 6.45) is -0.290. The lowest BCUT2D eigenvalue weighted by Gasteiger charge is -2.13. The van der Waals surface area contributed by atoms with Crippen LogP contribution in [0.1, 0.15) is 18.4 Å². The Morgan fingerprint density at radius 3 is 2.42 bits per heavy atom. The number of anilines is 1. The van der Waals surface area contributed by atoms with Crippen molar-refractivity contribution in [1.29, 1.82) is 0 Å². The maximum absolute atomic E-state index is 10.8. The Kier molecular flexibility index (Phi) is 5.77. The highest BCUT2D eigenvalue weighted by Gasteiger charge is 2.18. The summed E-state index contributed by atoms with van der Waals surface area (Å²) in [6, 6.07) is 5.87. The van der Waals surface area contributed by atoms with E-state index in [4.69, 9.17) is 20.8 Å². The zero-order valence-corrected chi connectivity index (χ0v) is 10.2. The standard InChI is InChI=1S/C12H16N2O5/c13-9-3-1-8(2-4-9)7-19-14-10(12(17)18)5-6-11(15)16/h1-4,10,14H,5-7,13H2,(H,15,16)(H,17,18)/t10-/m0/s1. The van der Waals surface area contributed by atoms with E-state index in [1.54, 1.807) is 24.3 Å². The van der Waals surface area contributed by atoms with Gasteiger partial charge in [0, 0.05) is 12.1 Å². The average molecular weight is 268 g/mol. The van der Waals surface area contributed by atoms with Gasteiger partial charge in [-0.3, -0.25) is 14.4 Å². The summed E-state index contributed by atoms with van der Waals surface area (Å²) in [4.78, 5) is 26.3. The monoisotopic (exact) mass is 268 g/mol. The fourth-order valence-corrected chi connectivity index (χ4v) is 1.34. The van der Waals surface area contributed by atoms with Crippen molar-refractivity contribution in [3.8, 4) is 0 Å². The molecule has 0 saturated heterocycles. The second-order valence-electron chi connectivity index (χ2n) is 3.97. The van der Waals surface area contributed by atoms with Crippen molar-refractivity contribution in [1.82, 2.24) is 5.48 Å². The topological polar surface area (TPSA) is 122 Å². The van der Waals surface area contributed by atoms with Crippen LogP contribution in [0.3, 0.4) is 0 Å². The molecule has 1 atom stereocenters. The van der Waals surface area contributed by atoms with E-state index in [1.807, 2.05) is 0 Å². The first-order chi connectivity index (χ1) is 8.99. The Balaban J connectivity index is 2.37. The van der Waals surface area contributed by atoms with Crippen molar-refractivity contribution < 1.29 is 24.6 Å². The summed E-state index contributed by atoms with van der Waals surface area (Å²) in [6.45, 7) is 0.164. The van der Waals surface area contributed by atoms with Gasteiger partial charge in [-0.1, -0.05) is 12.1 Å². The molecule has 1 aromatic rings. The van der Waals surface area contributed by atoms with E-state index >= 15 is 0 Å². The third kappa shape index (κ3) is 5.84. The third-order valence-corrected chi connectivity index (χ3v) is 2.39. The maximum Gasteiger partial charge on any atom is 0.323 e. The van der Waals surface area contributed by atoms with Gasteiger partial charge in [-0.2, -0.15) is 5.48 Å². The van der Waals surface area contributed by atoms with E-state index in [0.717, 1.165) is 5.56 Å². The first-order valence-corrected chi connectivity index (χ1v) is 5.65. The Bertz CT molecular complexity index is 432. The fraction of sp³-hybridized carbons (Fsp3) is 0.333. The number of nitrogens with two attached hydrogens (primary N) is 1. The molecule has 0 amide bonds. The number of benzene rings is 1. The highest BCUT2D eigenvalue weighted by molar-refractivity contribution is 5.74. The van der Waals surface area contributed by atoms with Gasteiger partial charge in [0.25, 0.3) is 0 Å². The molecule has 1 rings (SSSR count). The van der Waals surface area contributed by atoms with Gasteiger partial charge in [0.1, 0.15) is 6.04 Å². The van der Waals surface area contributed by atoms with Crippen molar-refractivity contribution in [2.45, 2.75) is 25.5 Å². The lowest BCUT2D eigenvalue weighted by Crippen LogP contribution is -2.37. The molecule has 0 aromatic heterocycles. The molecule has 0 heterocycles. The van der Waals surface area contributed by atoms with E-state index in [0.29, 0.717) is 5.69 Å². The number of hydrogen-bond acceptors (Lipinski definition) is 5. The molecule has 0 spiro atoms. The highest BCUT2D eigenvalue weighted by atomic mass is 16.6. The van der Waals surface area contributed by atoms with Crippen molar-refractivity contribution in [3.63, 3.8) is 0 Å². The molecule has 5 N–H and O–H groups in total. The number of carboxylic acids is 2. The lowest BCUT2D eigenvalue weighted by atomic mass is 10.2. The Labute approximate surface area is 109 Å². The minimum atomic E-state index is -1.15. The van der Waals surface area contributed by atoms with Gasteiger partial charge in [-0.15, -0.1) is 0 Å². The smallest absolute Gasteiger partial charge is 0.323 e. The van der Waals surface area contributed by atoms with Crippen LogP contribution in [0.4, 0.5) is 5.69 Å². The number of nitrogens with one attached hydrogen (secondary N) is 1. The van der Waals surface area contributed by atoms with E-state index in [1.165, 1.54) is 0 Å². The SMILES string of the molecule is Nc1ccc(CON[C@@H](CCC(=O)O)C(=O)O)cc1. The van der Waals surface area contributed by atoms with Gasteiger partial charge in [-0.25, -0.2) is 0 Å². The first-order valence-electron chi connectivity index (χ1n) is 5.65. The molecular weight excluding hydrogens is 252 g/mol. The van der Waals surface area contributed by atoms with Gasteiger partial charge in [0.05, 0.1) is 6.61 Å². The van der Waals surface area contributed by atoms with Gasteiger partial charge in [0.15, 0.2) is 0 Å². The number of carboxylic acid groups (broad SMARTS) is 2. The maximum atomic E-state index is 10.8. The normalized spacial score (nSPS) is 12.0. The Morgan fingerprint density at radius 1 is 1.26 bits per heavy atom. The van der Waals surface area contributed by atoms with E-state index < -0.39 is 18.0 Å². The van der Waals surface area contributed by atoms with Crippen LogP contribution in [0.15, 0.2) is 24.3 Å². The first kappa shape index (κ1) is 14.9. The van der Waals surface area contributed by atoms with Gasteiger partial charge < -0.3 is 15.9 Å². The number of carbonyl (C=O) groups is 2. The molecule has 0 saturated carbocycles. The Hall–Kier alpha value is -2.12. The molecule has 7 nitrogen and oxygen atoms in total. The number of rotatable bonds is 8. The van der Waals surface area contributed by atoms with E-state index in [-0.39, 0.29) is 19.4 Å². The molecule has 0 unspecified atom stereocenters. The van der Waals surface area contributed by atoms with Crippen LogP contribution in [-0.4, -0.2) is 28.2 Å².